The maximum absolute atomic E-state index is 4.81. The maximum atomic E-state index is 4.81. The van der Waals surface area contributed by atoms with Gasteiger partial charge in [0.05, 0.1) is 0 Å². The molecule has 0 N–H and O–H groups in total. The second kappa shape index (κ2) is 10.2. The molecule has 0 rings (SSSR count). The predicted octanol–water partition coefficient (Wildman–Crippen LogP) is 1.98. The van der Waals surface area contributed by atoms with E-state index in [9.17, 15) is 0 Å². The Morgan fingerprint density at radius 3 is 0.833 bits per heavy atom. The second-order valence-corrected chi connectivity index (χ2v) is 2.23. The van der Waals surface area contributed by atoms with Gasteiger partial charge in [0, 0.05) is 40.8 Å². The molecule has 0 aliphatic rings. The number of hydrogen-bond donors (Lipinski definition) is 0. The largest absolute Gasteiger partial charge is 0.180 e. The van der Waals surface area contributed by atoms with Crippen LogP contribution in [-0.4, -0.2) is 4.30 Å². The molecule has 6 heavy (non-hydrogen) atoms. The van der Waals surface area contributed by atoms with Gasteiger partial charge in [-0.25, -0.2) is 0 Å². The van der Waals surface area contributed by atoms with Crippen LogP contribution < -0.4 is 0 Å². The van der Waals surface area contributed by atoms with Crippen LogP contribution in [0.2, 0.25) is 0 Å². The van der Waals surface area contributed by atoms with Crippen LogP contribution >= 0.6 is 34.8 Å². The molecule has 0 spiro atoms. The number of hydrogen-bond acceptors (Lipinski definition) is 0. The van der Waals surface area contributed by atoms with Gasteiger partial charge in [-0.15, -0.1) is 0 Å². The summed E-state index contributed by atoms with van der Waals surface area (Å²) in [6.45, 7) is 0. The van der Waals surface area contributed by atoms with E-state index in [1.807, 2.05) is 0 Å². The molecule has 0 aromatic carbocycles. The van der Waals surface area contributed by atoms with E-state index in [0.29, 0.717) is 0 Å². The third kappa shape index (κ3) is 34.7. The van der Waals surface area contributed by atoms with E-state index in [1.54, 1.807) is 0 Å². The molecular formula is CHCl3Pd2. The molecule has 46 valence electrons. The van der Waals surface area contributed by atoms with Crippen molar-refractivity contribution >= 4 is 34.8 Å². The first-order valence-electron chi connectivity index (χ1n) is 0.655. The van der Waals surface area contributed by atoms with Crippen LogP contribution in [0.25, 0.3) is 0 Å². The first-order chi connectivity index (χ1) is 1.73. The number of rotatable bonds is 0. The van der Waals surface area contributed by atoms with Gasteiger partial charge in [-0.3, -0.25) is 0 Å². The third-order valence-electron chi connectivity index (χ3n) is 0. The average Bonchev–Trinajstić information content (AvgIpc) is 0.811. The minimum Gasteiger partial charge on any atom is -0.0874 e. The van der Waals surface area contributed by atoms with Gasteiger partial charge in [-0.2, -0.15) is 0 Å². The van der Waals surface area contributed by atoms with Crippen molar-refractivity contribution in [3.63, 3.8) is 0 Å². The van der Waals surface area contributed by atoms with Crippen molar-refractivity contribution in [2.45, 2.75) is 4.30 Å². The Hall–Kier alpha value is 2.19. The van der Waals surface area contributed by atoms with Crippen molar-refractivity contribution in [1.82, 2.24) is 0 Å². The maximum Gasteiger partial charge on any atom is 0.180 e. The van der Waals surface area contributed by atoms with Crippen molar-refractivity contribution in [2.24, 2.45) is 0 Å². The fourth-order valence-corrected chi connectivity index (χ4v) is 0. The second-order valence-electron chi connectivity index (χ2n) is 0.247. The van der Waals surface area contributed by atoms with Crippen molar-refractivity contribution in [1.29, 1.82) is 0 Å². The molecule has 0 nitrogen and oxygen atoms in total. The Morgan fingerprint density at radius 2 is 0.833 bits per heavy atom. The topological polar surface area (TPSA) is 0 Å². The zero-order chi connectivity index (χ0) is 3.58. The van der Waals surface area contributed by atoms with Crippen LogP contribution in [0, 0.1) is 0 Å². The molecule has 0 saturated carbocycles. The Bertz CT molecular complexity index is 13.5. The van der Waals surface area contributed by atoms with E-state index < -0.39 is 4.30 Å². The molecule has 0 aromatic rings. The molecule has 0 heterocycles. The van der Waals surface area contributed by atoms with Crippen molar-refractivity contribution < 1.29 is 40.8 Å². The van der Waals surface area contributed by atoms with Crippen LogP contribution in [-0.2, 0) is 40.8 Å². The first kappa shape index (κ1) is 15.7. The van der Waals surface area contributed by atoms with Crippen LogP contribution in [0.4, 0.5) is 0 Å². The van der Waals surface area contributed by atoms with E-state index in [0.717, 1.165) is 0 Å². The first-order valence-corrected chi connectivity index (χ1v) is 1.96. The van der Waals surface area contributed by atoms with Crippen molar-refractivity contribution in [2.75, 3.05) is 0 Å². The van der Waals surface area contributed by atoms with Gasteiger partial charge < -0.3 is 0 Å². The van der Waals surface area contributed by atoms with Crippen LogP contribution in [0.5, 0.6) is 0 Å². The van der Waals surface area contributed by atoms with Crippen molar-refractivity contribution in [3.05, 3.63) is 0 Å². The van der Waals surface area contributed by atoms with E-state index in [-0.39, 0.29) is 40.8 Å². The van der Waals surface area contributed by atoms with Gasteiger partial charge in [0.1, 0.15) is 0 Å². The number of alkyl halides is 3. The zero-order valence-electron chi connectivity index (χ0n) is 2.34. The summed E-state index contributed by atoms with van der Waals surface area (Å²) < 4.78 is -0.750. The minimum atomic E-state index is -0.750. The summed E-state index contributed by atoms with van der Waals surface area (Å²) in [4.78, 5) is 0. The minimum absolute atomic E-state index is 0. The smallest absolute Gasteiger partial charge is 0.0874 e. The molecule has 0 aromatic heterocycles. The summed E-state index contributed by atoms with van der Waals surface area (Å²) in [5, 5.41) is 0. The fourth-order valence-electron chi connectivity index (χ4n) is 0. The van der Waals surface area contributed by atoms with Gasteiger partial charge in [0.25, 0.3) is 0 Å². The van der Waals surface area contributed by atoms with Crippen LogP contribution in [0.3, 0.4) is 0 Å². The normalized spacial score (nSPS) is 6.00. The molecule has 0 atom stereocenters. The Kier molecular flexibility index (Phi) is 26.8. The Morgan fingerprint density at radius 1 is 0.833 bits per heavy atom. The van der Waals surface area contributed by atoms with E-state index >= 15 is 0 Å². The number of halogens is 3. The van der Waals surface area contributed by atoms with Gasteiger partial charge in [-0.1, -0.05) is 34.8 Å². The molecule has 0 aliphatic carbocycles. The monoisotopic (exact) mass is 330 g/mol. The quantitative estimate of drug-likeness (QED) is 0.470. The van der Waals surface area contributed by atoms with Crippen LogP contribution in [0.1, 0.15) is 0 Å². The van der Waals surface area contributed by atoms with E-state index in [2.05, 4.69) is 0 Å². The molecular weight excluding hydrogens is 331 g/mol. The molecule has 0 aliphatic heterocycles. The summed E-state index contributed by atoms with van der Waals surface area (Å²) in [5.41, 5.74) is 0. The van der Waals surface area contributed by atoms with Crippen molar-refractivity contribution in [3.8, 4) is 0 Å². The van der Waals surface area contributed by atoms with Crippen LogP contribution in [0.15, 0.2) is 0 Å². The van der Waals surface area contributed by atoms with Gasteiger partial charge >= 0.3 is 0 Å². The average molecular weight is 332 g/mol. The third-order valence-corrected chi connectivity index (χ3v) is 0. The molecule has 0 amide bonds. The summed E-state index contributed by atoms with van der Waals surface area (Å²) in [6, 6.07) is 0. The Labute approximate surface area is 79.2 Å². The van der Waals surface area contributed by atoms with Gasteiger partial charge in [-0.05, 0) is 0 Å². The van der Waals surface area contributed by atoms with E-state index in [1.165, 1.54) is 0 Å². The molecule has 5 heteroatoms. The summed E-state index contributed by atoms with van der Waals surface area (Å²) in [6.07, 6.45) is 0. The van der Waals surface area contributed by atoms with Gasteiger partial charge in [0.2, 0.25) is 0 Å². The summed E-state index contributed by atoms with van der Waals surface area (Å²) in [5.74, 6) is 0. The molecule has 0 fully saturated rings. The zero-order valence-corrected chi connectivity index (χ0v) is 7.72. The van der Waals surface area contributed by atoms with Gasteiger partial charge in [0.15, 0.2) is 4.30 Å². The molecule has 0 radical (unpaired) electrons. The SMILES string of the molecule is ClC(Cl)Cl.[Pd].[Pd]. The fraction of sp³-hybridized carbons (Fsp3) is 1.00. The van der Waals surface area contributed by atoms with E-state index in [4.69, 9.17) is 34.8 Å². The summed E-state index contributed by atoms with van der Waals surface area (Å²) in [7, 11) is 0. The Balaban J connectivity index is -0.0000000450. The molecule has 0 unspecified atom stereocenters. The standard InChI is InChI=1S/CHCl3.2Pd/c2-1(3)4;;/h1H;;. The summed E-state index contributed by atoms with van der Waals surface area (Å²) >= 11 is 14.4. The predicted molar refractivity (Wildman–Crippen MR) is 21.3 cm³/mol. The molecule has 0 saturated heterocycles. The molecule has 0 bridgehead atoms.